The van der Waals surface area contributed by atoms with Gasteiger partial charge in [0.05, 0.1) is 6.10 Å². The van der Waals surface area contributed by atoms with E-state index in [9.17, 15) is 9.59 Å². The average Bonchev–Trinajstić information content (AvgIpc) is 3.49. The number of Topliss-reactive ketones (excluding diaryl/α,β-unsaturated/α-hetero) is 2. The summed E-state index contributed by atoms with van der Waals surface area (Å²) in [5, 5.41) is 0. The molecule has 2 unspecified atom stereocenters. The third-order valence-electron chi connectivity index (χ3n) is 8.43. The Morgan fingerprint density at radius 1 is 0.829 bits per heavy atom. The van der Waals surface area contributed by atoms with E-state index in [0.29, 0.717) is 55.7 Å². The number of carbonyl (C=O) groups excluding carboxylic acids is 2. The maximum absolute atomic E-state index is 12.6. The first-order chi connectivity index (χ1) is 19.9. The molecule has 224 valence electrons. The van der Waals surface area contributed by atoms with Gasteiger partial charge in [0.1, 0.15) is 24.7 Å². The van der Waals surface area contributed by atoms with Crippen LogP contribution in [-0.4, -0.2) is 55.4 Å². The van der Waals surface area contributed by atoms with Gasteiger partial charge in [-0.3, -0.25) is 9.59 Å². The quantitative estimate of drug-likeness (QED) is 0.146. The predicted molar refractivity (Wildman–Crippen MR) is 163 cm³/mol. The Morgan fingerprint density at radius 2 is 1.49 bits per heavy atom. The van der Waals surface area contributed by atoms with Gasteiger partial charge < -0.3 is 19.1 Å². The number of nitrogens with zero attached hydrogens (tertiary/aromatic N) is 1. The van der Waals surface area contributed by atoms with E-state index in [1.54, 1.807) is 0 Å². The molecule has 0 saturated carbocycles. The fraction of sp³-hybridized carbons (Fsp3) is 0.600. The smallest absolute Gasteiger partial charge is 0.162 e. The monoisotopic (exact) mass is 563 g/mol. The summed E-state index contributed by atoms with van der Waals surface area (Å²) >= 11 is 0. The Bertz CT molecular complexity index is 1110. The molecule has 2 atom stereocenters. The Morgan fingerprint density at radius 3 is 2.20 bits per heavy atom. The molecule has 2 aromatic carbocycles. The van der Waals surface area contributed by atoms with Crippen LogP contribution in [0.2, 0.25) is 0 Å². The molecule has 2 heterocycles. The number of hydrogen-bond acceptors (Lipinski definition) is 6. The van der Waals surface area contributed by atoms with E-state index in [1.807, 2.05) is 38.1 Å². The lowest BCUT2D eigenvalue weighted by atomic mass is 9.83. The van der Waals surface area contributed by atoms with Gasteiger partial charge in [0.2, 0.25) is 0 Å². The molecular weight excluding hydrogens is 514 g/mol. The summed E-state index contributed by atoms with van der Waals surface area (Å²) in [6, 6.07) is 13.8. The van der Waals surface area contributed by atoms with E-state index in [4.69, 9.17) is 14.2 Å². The molecule has 0 aromatic heterocycles. The van der Waals surface area contributed by atoms with Crippen molar-refractivity contribution in [3.05, 3.63) is 53.6 Å². The normalized spacial score (nSPS) is 16.5. The van der Waals surface area contributed by atoms with Crippen molar-refractivity contribution < 1.29 is 23.8 Å². The Hall–Kier alpha value is -2.86. The van der Waals surface area contributed by atoms with Gasteiger partial charge in [-0.1, -0.05) is 19.4 Å². The summed E-state index contributed by atoms with van der Waals surface area (Å²) in [4.78, 5) is 27.7. The van der Waals surface area contributed by atoms with Crippen molar-refractivity contribution >= 4 is 11.6 Å². The highest BCUT2D eigenvalue weighted by atomic mass is 16.6. The predicted octanol–water partition coefficient (Wildman–Crippen LogP) is 7.63. The van der Waals surface area contributed by atoms with Crippen molar-refractivity contribution in [3.8, 4) is 17.2 Å². The lowest BCUT2D eigenvalue weighted by Crippen LogP contribution is -2.29. The molecule has 2 aromatic rings. The number of fused-ring (bicyclic) bond motifs is 1. The van der Waals surface area contributed by atoms with Gasteiger partial charge in [-0.25, -0.2) is 0 Å². The van der Waals surface area contributed by atoms with Crippen LogP contribution in [0.3, 0.4) is 0 Å². The number of benzene rings is 2. The van der Waals surface area contributed by atoms with Gasteiger partial charge >= 0.3 is 0 Å². The molecule has 2 aliphatic heterocycles. The number of hydrogen-bond donors (Lipinski definition) is 0. The summed E-state index contributed by atoms with van der Waals surface area (Å²) in [5.41, 5.74) is 2.02. The molecule has 6 heteroatoms. The lowest BCUT2D eigenvalue weighted by molar-refractivity contribution is -0.119. The lowest BCUT2D eigenvalue weighted by Gasteiger charge is -2.30. The SMILES string of the molecule is CC(C)Oc1ccc(C(=O)CCCCC(=O)CCCCC(CN2CCCC2)C(C)c2ccc3c(c2)OCCO3)cc1. The van der Waals surface area contributed by atoms with Gasteiger partial charge in [-0.2, -0.15) is 0 Å². The van der Waals surface area contributed by atoms with E-state index in [0.717, 1.165) is 55.9 Å². The van der Waals surface area contributed by atoms with E-state index >= 15 is 0 Å². The molecule has 0 aliphatic carbocycles. The zero-order valence-corrected chi connectivity index (χ0v) is 25.4. The first-order valence-electron chi connectivity index (χ1n) is 15.8. The second kappa shape index (κ2) is 16.0. The summed E-state index contributed by atoms with van der Waals surface area (Å²) in [5.74, 6) is 3.90. The summed E-state index contributed by atoms with van der Waals surface area (Å²) in [6.07, 6.45) is 9.04. The summed E-state index contributed by atoms with van der Waals surface area (Å²) < 4.78 is 17.2. The van der Waals surface area contributed by atoms with Crippen LogP contribution in [0.4, 0.5) is 0 Å². The highest BCUT2D eigenvalue weighted by Crippen LogP contribution is 2.37. The van der Waals surface area contributed by atoms with Gasteiger partial charge in [-0.15, -0.1) is 0 Å². The number of carbonyl (C=O) groups is 2. The minimum absolute atomic E-state index is 0.111. The van der Waals surface area contributed by atoms with Crippen LogP contribution < -0.4 is 14.2 Å². The van der Waals surface area contributed by atoms with Gasteiger partial charge in [0.25, 0.3) is 0 Å². The van der Waals surface area contributed by atoms with Crippen molar-refractivity contribution in [2.24, 2.45) is 5.92 Å². The first-order valence-corrected chi connectivity index (χ1v) is 15.8. The average molecular weight is 564 g/mol. The molecule has 4 rings (SSSR count). The van der Waals surface area contributed by atoms with Gasteiger partial charge in [0.15, 0.2) is 17.3 Å². The Labute approximate surface area is 246 Å². The van der Waals surface area contributed by atoms with Crippen LogP contribution >= 0.6 is 0 Å². The largest absolute Gasteiger partial charge is 0.491 e. The topological polar surface area (TPSA) is 65.1 Å². The van der Waals surface area contributed by atoms with E-state index in [1.165, 1.54) is 31.5 Å². The second-order valence-electron chi connectivity index (χ2n) is 12.1. The highest BCUT2D eigenvalue weighted by molar-refractivity contribution is 5.96. The number of likely N-dealkylation sites (tertiary alicyclic amines) is 1. The van der Waals surface area contributed by atoms with Crippen molar-refractivity contribution in [1.82, 2.24) is 4.90 Å². The van der Waals surface area contributed by atoms with E-state index in [2.05, 4.69) is 30.0 Å². The second-order valence-corrected chi connectivity index (χ2v) is 12.1. The van der Waals surface area contributed by atoms with Crippen LogP contribution in [-0.2, 0) is 4.79 Å². The zero-order valence-electron chi connectivity index (χ0n) is 25.4. The van der Waals surface area contributed by atoms with Crippen molar-refractivity contribution in [1.29, 1.82) is 0 Å². The molecule has 41 heavy (non-hydrogen) atoms. The molecule has 0 radical (unpaired) electrons. The third-order valence-corrected chi connectivity index (χ3v) is 8.43. The van der Waals surface area contributed by atoms with Gasteiger partial charge in [0, 0.05) is 31.4 Å². The molecule has 0 N–H and O–H groups in total. The molecule has 1 fully saturated rings. The standard InChI is InChI=1S/C35H49NO5/c1-26(2)41-32-17-14-28(15-18-32)33(38)13-7-6-12-31(37)11-5-4-10-30(25-36-20-8-9-21-36)27(3)29-16-19-34-35(24-29)40-23-22-39-34/h14-19,24,26-27,30H,4-13,20-23,25H2,1-3H3. The molecule has 0 amide bonds. The Kier molecular flexibility index (Phi) is 12.1. The summed E-state index contributed by atoms with van der Waals surface area (Å²) in [7, 11) is 0. The van der Waals surface area contributed by atoms with Gasteiger partial charge in [-0.05, 0) is 119 Å². The van der Waals surface area contributed by atoms with Crippen LogP contribution in [0.15, 0.2) is 42.5 Å². The fourth-order valence-electron chi connectivity index (χ4n) is 6.01. The number of ether oxygens (including phenoxy) is 3. The molecular formula is C35H49NO5. The van der Waals surface area contributed by atoms with Crippen molar-refractivity contribution in [2.45, 2.75) is 97.0 Å². The number of ketones is 2. The van der Waals surface area contributed by atoms with Crippen molar-refractivity contribution in [2.75, 3.05) is 32.8 Å². The fourth-order valence-corrected chi connectivity index (χ4v) is 6.01. The van der Waals surface area contributed by atoms with E-state index < -0.39 is 0 Å². The third kappa shape index (κ3) is 9.88. The number of unbranched alkanes of at least 4 members (excludes halogenated alkanes) is 2. The molecule has 0 bridgehead atoms. The van der Waals surface area contributed by atoms with Crippen LogP contribution in [0.25, 0.3) is 0 Å². The number of rotatable bonds is 17. The van der Waals surface area contributed by atoms with Crippen LogP contribution in [0, 0.1) is 5.92 Å². The Balaban J connectivity index is 1.16. The summed E-state index contributed by atoms with van der Waals surface area (Å²) in [6.45, 7) is 11.0. The minimum atomic E-state index is 0.111. The highest BCUT2D eigenvalue weighted by Gasteiger charge is 2.25. The molecule has 1 saturated heterocycles. The molecule has 6 nitrogen and oxygen atoms in total. The maximum Gasteiger partial charge on any atom is 0.162 e. The van der Waals surface area contributed by atoms with Crippen LogP contribution in [0.5, 0.6) is 17.2 Å². The van der Waals surface area contributed by atoms with Crippen LogP contribution in [0.1, 0.15) is 107 Å². The molecule has 0 spiro atoms. The minimum Gasteiger partial charge on any atom is -0.491 e. The molecule has 2 aliphatic rings. The maximum atomic E-state index is 12.6. The zero-order chi connectivity index (χ0) is 29.0. The first kappa shape index (κ1) is 31.1. The van der Waals surface area contributed by atoms with Crippen molar-refractivity contribution in [3.63, 3.8) is 0 Å². The van der Waals surface area contributed by atoms with E-state index in [-0.39, 0.29) is 11.9 Å².